The highest BCUT2D eigenvalue weighted by atomic mass is 16.5. The van der Waals surface area contributed by atoms with Crippen LogP contribution < -0.4 is 5.32 Å². The lowest BCUT2D eigenvalue weighted by atomic mass is 10.0. The predicted octanol–water partition coefficient (Wildman–Crippen LogP) is 1.75. The standard InChI is InChI=1S/C24H27N3O5/c1-32-16-21(28)25-20-4-2-3-19(15-20)17-5-7-18(8-6-17)22(29)26-11-13-27(14-12-26)23(30)24(31)9-10-24/h2-8,15,31H,9-14,16H2,1H3,(H,25,28). The number of carbonyl (C=O) groups is 3. The Labute approximate surface area is 186 Å². The Balaban J connectivity index is 1.37. The summed E-state index contributed by atoms with van der Waals surface area (Å²) in [5.74, 6) is -0.511. The average Bonchev–Trinajstić information content (AvgIpc) is 3.57. The molecule has 2 aliphatic rings. The molecule has 168 valence electrons. The number of hydrogen-bond acceptors (Lipinski definition) is 5. The minimum atomic E-state index is -1.16. The number of ether oxygens (including phenoxy) is 1. The molecule has 1 saturated heterocycles. The molecule has 0 radical (unpaired) electrons. The van der Waals surface area contributed by atoms with Gasteiger partial charge in [-0.15, -0.1) is 0 Å². The van der Waals surface area contributed by atoms with Crippen LogP contribution in [-0.4, -0.2) is 78.1 Å². The maximum atomic E-state index is 12.9. The van der Waals surface area contributed by atoms with E-state index in [1.807, 2.05) is 30.3 Å². The van der Waals surface area contributed by atoms with Crippen molar-refractivity contribution in [3.63, 3.8) is 0 Å². The first-order chi connectivity index (χ1) is 15.4. The highest BCUT2D eigenvalue weighted by molar-refractivity contribution is 5.95. The molecule has 1 saturated carbocycles. The molecule has 0 bridgehead atoms. The second-order valence-corrected chi connectivity index (χ2v) is 8.26. The van der Waals surface area contributed by atoms with Crippen LogP contribution in [0.1, 0.15) is 23.2 Å². The monoisotopic (exact) mass is 437 g/mol. The van der Waals surface area contributed by atoms with Gasteiger partial charge in [-0.1, -0.05) is 24.3 Å². The van der Waals surface area contributed by atoms with Gasteiger partial charge < -0.3 is 25.0 Å². The number of methoxy groups -OCH3 is 1. The van der Waals surface area contributed by atoms with Gasteiger partial charge in [-0.3, -0.25) is 14.4 Å². The quantitative estimate of drug-likeness (QED) is 0.717. The van der Waals surface area contributed by atoms with E-state index in [-0.39, 0.29) is 24.3 Å². The van der Waals surface area contributed by atoms with E-state index < -0.39 is 5.60 Å². The number of benzene rings is 2. The van der Waals surface area contributed by atoms with Gasteiger partial charge in [0.1, 0.15) is 12.2 Å². The van der Waals surface area contributed by atoms with Crippen molar-refractivity contribution < 1.29 is 24.2 Å². The number of aliphatic hydroxyl groups is 1. The number of rotatable bonds is 6. The Morgan fingerprint density at radius 2 is 1.62 bits per heavy atom. The molecule has 4 rings (SSSR count). The number of hydrogen-bond donors (Lipinski definition) is 2. The third-order valence-electron chi connectivity index (χ3n) is 5.86. The Bertz CT molecular complexity index is 1010. The Morgan fingerprint density at radius 3 is 2.25 bits per heavy atom. The fourth-order valence-corrected chi connectivity index (χ4v) is 3.83. The minimum absolute atomic E-state index is 0.00959. The van der Waals surface area contributed by atoms with Crippen molar-refractivity contribution in [1.82, 2.24) is 9.80 Å². The third kappa shape index (κ3) is 4.81. The zero-order valence-corrected chi connectivity index (χ0v) is 18.0. The summed E-state index contributed by atoms with van der Waals surface area (Å²) in [4.78, 5) is 40.3. The number of nitrogens with zero attached hydrogens (tertiary/aromatic N) is 2. The van der Waals surface area contributed by atoms with Crippen LogP contribution in [0.3, 0.4) is 0 Å². The third-order valence-corrected chi connectivity index (χ3v) is 5.86. The Hall–Kier alpha value is -3.23. The smallest absolute Gasteiger partial charge is 0.254 e. The number of anilines is 1. The van der Waals surface area contributed by atoms with Gasteiger partial charge in [-0.25, -0.2) is 0 Å². The van der Waals surface area contributed by atoms with Crippen molar-refractivity contribution in [2.24, 2.45) is 0 Å². The molecule has 0 spiro atoms. The highest BCUT2D eigenvalue weighted by Gasteiger charge is 2.50. The van der Waals surface area contributed by atoms with Crippen molar-refractivity contribution >= 4 is 23.4 Å². The molecule has 2 aromatic carbocycles. The SMILES string of the molecule is COCC(=O)Nc1cccc(-c2ccc(C(=O)N3CCN(C(=O)C4(O)CC4)CC3)cc2)c1. The summed E-state index contributed by atoms with van der Waals surface area (Å²) >= 11 is 0. The summed E-state index contributed by atoms with van der Waals surface area (Å²) in [6.07, 6.45) is 1.06. The van der Waals surface area contributed by atoms with Crippen molar-refractivity contribution in [3.8, 4) is 11.1 Å². The van der Waals surface area contributed by atoms with E-state index in [0.29, 0.717) is 50.3 Å². The van der Waals surface area contributed by atoms with Gasteiger partial charge in [0, 0.05) is 44.5 Å². The molecular weight excluding hydrogens is 410 g/mol. The van der Waals surface area contributed by atoms with Gasteiger partial charge in [-0.05, 0) is 48.2 Å². The van der Waals surface area contributed by atoms with Gasteiger partial charge in [0.25, 0.3) is 11.8 Å². The normalized spacial score (nSPS) is 17.1. The number of nitrogens with one attached hydrogen (secondary N) is 1. The minimum Gasteiger partial charge on any atom is -0.380 e. The zero-order valence-electron chi connectivity index (χ0n) is 18.0. The first-order valence-corrected chi connectivity index (χ1v) is 10.7. The molecule has 0 atom stereocenters. The van der Waals surface area contributed by atoms with E-state index in [2.05, 4.69) is 5.32 Å². The lowest BCUT2D eigenvalue weighted by Crippen LogP contribution is -2.53. The van der Waals surface area contributed by atoms with Crippen LogP contribution in [0.5, 0.6) is 0 Å². The summed E-state index contributed by atoms with van der Waals surface area (Å²) in [5, 5.41) is 12.8. The van der Waals surface area contributed by atoms with Crippen LogP contribution >= 0.6 is 0 Å². The molecule has 32 heavy (non-hydrogen) atoms. The first-order valence-electron chi connectivity index (χ1n) is 10.7. The molecule has 2 aromatic rings. The average molecular weight is 437 g/mol. The summed E-state index contributed by atoms with van der Waals surface area (Å²) < 4.78 is 4.83. The number of amides is 3. The van der Waals surface area contributed by atoms with Crippen molar-refractivity contribution in [2.75, 3.05) is 45.2 Å². The second-order valence-electron chi connectivity index (χ2n) is 8.26. The van der Waals surface area contributed by atoms with E-state index in [1.165, 1.54) is 7.11 Å². The van der Waals surface area contributed by atoms with Crippen LogP contribution in [0.2, 0.25) is 0 Å². The lowest BCUT2D eigenvalue weighted by Gasteiger charge is -2.35. The van der Waals surface area contributed by atoms with E-state index in [1.54, 1.807) is 28.0 Å². The maximum absolute atomic E-state index is 12.9. The van der Waals surface area contributed by atoms with Crippen LogP contribution in [-0.2, 0) is 14.3 Å². The molecule has 2 N–H and O–H groups in total. The van der Waals surface area contributed by atoms with E-state index in [9.17, 15) is 19.5 Å². The largest absolute Gasteiger partial charge is 0.380 e. The maximum Gasteiger partial charge on any atom is 0.254 e. The molecule has 1 heterocycles. The molecule has 8 heteroatoms. The van der Waals surface area contributed by atoms with Gasteiger partial charge in [0.15, 0.2) is 0 Å². The molecule has 8 nitrogen and oxygen atoms in total. The van der Waals surface area contributed by atoms with Crippen LogP contribution in [0, 0.1) is 0 Å². The molecule has 0 aromatic heterocycles. The molecular formula is C24H27N3O5. The van der Waals surface area contributed by atoms with Gasteiger partial charge in [0.2, 0.25) is 5.91 Å². The molecule has 3 amide bonds. The van der Waals surface area contributed by atoms with Crippen LogP contribution in [0.25, 0.3) is 11.1 Å². The molecule has 1 aliphatic carbocycles. The summed E-state index contributed by atoms with van der Waals surface area (Å²) in [5.41, 5.74) is 1.94. The van der Waals surface area contributed by atoms with Crippen molar-refractivity contribution in [3.05, 3.63) is 54.1 Å². The van der Waals surface area contributed by atoms with E-state index in [0.717, 1.165) is 11.1 Å². The predicted molar refractivity (Wildman–Crippen MR) is 119 cm³/mol. The molecule has 2 fully saturated rings. The van der Waals surface area contributed by atoms with Gasteiger partial charge >= 0.3 is 0 Å². The van der Waals surface area contributed by atoms with Crippen LogP contribution in [0.15, 0.2) is 48.5 Å². The fourth-order valence-electron chi connectivity index (χ4n) is 3.83. The van der Waals surface area contributed by atoms with Crippen molar-refractivity contribution in [2.45, 2.75) is 18.4 Å². The number of carbonyl (C=O) groups excluding carboxylic acids is 3. The van der Waals surface area contributed by atoms with Crippen LogP contribution in [0.4, 0.5) is 5.69 Å². The Morgan fingerprint density at radius 1 is 0.969 bits per heavy atom. The number of piperazine rings is 1. The van der Waals surface area contributed by atoms with Gasteiger partial charge in [-0.2, -0.15) is 0 Å². The fraction of sp³-hybridized carbons (Fsp3) is 0.375. The summed E-state index contributed by atoms with van der Waals surface area (Å²) in [6.45, 7) is 1.76. The topological polar surface area (TPSA) is 99.2 Å². The van der Waals surface area contributed by atoms with E-state index >= 15 is 0 Å². The highest BCUT2D eigenvalue weighted by Crippen LogP contribution is 2.37. The zero-order chi connectivity index (χ0) is 22.7. The van der Waals surface area contributed by atoms with Crippen molar-refractivity contribution in [1.29, 1.82) is 0 Å². The van der Waals surface area contributed by atoms with Gasteiger partial charge in [0.05, 0.1) is 0 Å². The second kappa shape index (κ2) is 9.10. The van der Waals surface area contributed by atoms with E-state index in [4.69, 9.17) is 4.74 Å². The lowest BCUT2D eigenvalue weighted by molar-refractivity contribution is -0.143. The molecule has 0 unspecified atom stereocenters. The summed E-state index contributed by atoms with van der Waals surface area (Å²) in [7, 11) is 1.47. The summed E-state index contributed by atoms with van der Waals surface area (Å²) in [6, 6.07) is 14.8. The Kier molecular flexibility index (Phi) is 6.25. The molecule has 1 aliphatic heterocycles. The first kappa shape index (κ1) is 22.0.